The first-order chi connectivity index (χ1) is 16.7. The first-order valence-corrected chi connectivity index (χ1v) is 12.3. The summed E-state index contributed by atoms with van der Waals surface area (Å²) in [6.45, 7) is 2.13. The van der Waals surface area contributed by atoms with Crippen molar-refractivity contribution in [3.63, 3.8) is 0 Å². The Morgan fingerprint density at radius 1 is 0.676 bits per heavy atom. The lowest BCUT2D eigenvalue weighted by Gasteiger charge is -2.19. The molecule has 0 amide bonds. The SMILES string of the molecule is C[C@H](/N=C(\c1ccccc1)c1c2ccc(c1O)CCc1ccc(cc1)CCC2)c1ccccc1. The largest absolute Gasteiger partial charge is 0.507 e. The molecule has 4 aliphatic carbocycles. The zero-order valence-corrected chi connectivity index (χ0v) is 19.7. The second-order valence-electron chi connectivity index (χ2n) is 9.21. The number of aliphatic imine (C=N–C) groups is 1. The van der Waals surface area contributed by atoms with Gasteiger partial charge in [0.1, 0.15) is 5.75 Å². The number of aromatic hydroxyl groups is 1. The zero-order chi connectivity index (χ0) is 23.3. The number of hydrogen-bond acceptors (Lipinski definition) is 2. The third-order valence-corrected chi connectivity index (χ3v) is 6.85. The number of hydrogen-bond donors (Lipinski definition) is 1. The van der Waals surface area contributed by atoms with Crippen LogP contribution < -0.4 is 0 Å². The third-order valence-electron chi connectivity index (χ3n) is 6.85. The van der Waals surface area contributed by atoms with E-state index < -0.39 is 0 Å². The van der Waals surface area contributed by atoms with E-state index in [9.17, 15) is 5.11 Å². The second-order valence-corrected chi connectivity index (χ2v) is 9.21. The Labute approximate surface area is 202 Å². The lowest BCUT2D eigenvalue weighted by Crippen LogP contribution is -2.11. The molecular weight excluding hydrogens is 414 g/mol. The van der Waals surface area contributed by atoms with E-state index in [0.717, 1.165) is 54.5 Å². The molecule has 1 N–H and O–H groups in total. The van der Waals surface area contributed by atoms with Crippen LogP contribution in [0.3, 0.4) is 0 Å². The summed E-state index contributed by atoms with van der Waals surface area (Å²) in [4.78, 5) is 5.23. The monoisotopic (exact) mass is 445 g/mol. The summed E-state index contributed by atoms with van der Waals surface area (Å²) in [6.07, 6.45) is 4.66. The smallest absolute Gasteiger partial charge is 0.128 e. The summed E-state index contributed by atoms with van der Waals surface area (Å²) in [5, 5.41) is 11.6. The molecule has 0 unspecified atom stereocenters. The van der Waals surface area contributed by atoms with Crippen molar-refractivity contribution in [2.24, 2.45) is 4.99 Å². The van der Waals surface area contributed by atoms with Gasteiger partial charge in [-0.3, -0.25) is 4.99 Å². The van der Waals surface area contributed by atoms with E-state index >= 15 is 0 Å². The first kappa shape index (κ1) is 22.2. The maximum Gasteiger partial charge on any atom is 0.128 e. The molecule has 1 atom stereocenters. The van der Waals surface area contributed by atoms with Crippen LogP contribution in [-0.4, -0.2) is 10.8 Å². The maximum atomic E-state index is 11.6. The number of phenols is 1. The van der Waals surface area contributed by atoms with E-state index in [0.29, 0.717) is 5.75 Å². The molecule has 0 heterocycles. The highest BCUT2D eigenvalue weighted by molar-refractivity contribution is 6.15. The lowest BCUT2D eigenvalue weighted by molar-refractivity contribution is 0.465. The average Bonchev–Trinajstić information content (AvgIpc) is 2.92. The molecule has 0 radical (unpaired) electrons. The fourth-order valence-corrected chi connectivity index (χ4v) is 4.86. The standard InChI is InChI=1S/C32H31NO/c1-23(26-10-4-2-5-11-26)33-31(28-12-6-3-7-13-28)30-27-14-8-9-24-15-17-25(18-16-24)19-20-29(22-21-27)32(30)34/h2-7,10-13,15-18,21-23,34H,8-9,14,19-20H2,1H3/b33-31+/t23-/m0/s1. The van der Waals surface area contributed by atoms with Crippen molar-refractivity contribution in [2.75, 3.05) is 0 Å². The van der Waals surface area contributed by atoms with Gasteiger partial charge in [-0.1, -0.05) is 97.1 Å². The fourth-order valence-electron chi connectivity index (χ4n) is 4.86. The van der Waals surface area contributed by atoms with Crippen LogP contribution in [0.25, 0.3) is 0 Å². The summed E-state index contributed by atoms with van der Waals surface area (Å²) in [7, 11) is 0. The van der Waals surface area contributed by atoms with Crippen molar-refractivity contribution in [3.8, 4) is 5.75 Å². The van der Waals surface area contributed by atoms with Gasteiger partial charge in [-0.25, -0.2) is 0 Å². The normalized spacial score (nSPS) is 14.8. The molecule has 0 fully saturated rings. The Bertz CT molecular complexity index is 1270. The van der Waals surface area contributed by atoms with Crippen LogP contribution in [0.1, 0.15) is 58.3 Å². The molecule has 2 nitrogen and oxygen atoms in total. The molecule has 4 aromatic carbocycles. The minimum atomic E-state index is -0.0234. The minimum Gasteiger partial charge on any atom is -0.507 e. The fraction of sp³-hybridized carbons (Fsp3) is 0.219. The summed E-state index contributed by atoms with van der Waals surface area (Å²) >= 11 is 0. The Morgan fingerprint density at radius 3 is 2.00 bits per heavy atom. The van der Waals surface area contributed by atoms with Crippen LogP contribution in [0.15, 0.2) is 102 Å². The summed E-state index contributed by atoms with van der Waals surface area (Å²) < 4.78 is 0. The van der Waals surface area contributed by atoms with E-state index in [1.165, 1.54) is 22.3 Å². The Balaban J connectivity index is 1.64. The number of phenolic OH excluding ortho intramolecular Hbond substituents is 1. The van der Waals surface area contributed by atoms with Crippen LogP contribution in [-0.2, 0) is 25.7 Å². The zero-order valence-electron chi connectivity index (χ0n) is 19.7. The van der Waals surface area contributed by atoms with E-state index in [1.54, 1.807) is 0 Å². The van der Waals surface area contributed by atoms with Gasteiger partial charge in [0.25, 0.3) is 0 Å². The van der Waals surface area contributed by atoms with E-state index in [-0.39, 0.29) is 6.04 Å². The first-order valence-electron chi connectivity index (χ1n) is 12.3. The molecular formula is C32H31NO. The lowest BCUT2D eigenvalue weighted by atomic mass is 9.90. The molecule has 34 heavy (non-hydrogen) atoms. The number of benzene rings is 4. The molecule has 2 heteroatoms. The topological polar surface area (TPSA) is 32.6 Å². The quantitative estimate of drug-likeness (QED) is 0.329. The van der Waals surface area contributed by atoms with Gasteiger partial charge in [0, 0.05) is 11.1 Å². The van der Waals surface area contributed by atoms with E-state index in [2.05, 4.69) is 79.7 Å². The van der Waals surface area contributed by atoms with Crippen molar-refractivity contribution >= 4 is 5.71 Å². The van der Waals surface area contributed by atoms with Gasteiger partial charge in [0.2, 0.25) is 0 Å². The van der Waals surface area contributed by atoms with Gasteiger partial charge in [-0.2, -0.15) is 0 Å². The molecule has 8 rings (SSSR count). The number of aryl methyl sites for hydroxylation is 4. The average molecular weight is 446 g/mol. The van der Waals surface area contributed by atoms with Crippen molar-refractivity contribution < 1.29 is 5.11 Å². The van der Waals surface area contributed by atoms with Gasteiger partial charge in [-0.05, 0) is 66.8 Å². The number of rotatable bonds is 4. The Morgan fingerprint density at radius 2 is 1.29 bits per heavy atom. The summed E-state index contributed by atoms with van der Waals surface area (Å²) in [5.74, 6) is 0.385. The molecule has 4 aromatic rings. The van der Waals surface area contributed by atoms with Crippen LogP contribution in [0.2, 0.25) is 0 Å². The highest BCUT2D eigenvalue weighted by Crippen LogP contribution is 2.33. The predicted molar refractivity (Wildman–Crippen MR) is 141 cm³/mol. The Hall–Kier alpha value is -3.65. The van der Waals surface area contributed by atoms with Crippen molar-refractivity contribution in [1.29, 1.82) is 0 Å². The summed E-state index contributed by atoms with van der Waals surface area (Å²) in [6, 6.07) is 34.0. The van der Waals surface area contributed by atoms with Crippen molar-refractivity contribution in [3.05, 3.63) is 136 Å². The van der Waals surface area contributed by atoms with Crippen molar-refractivity contribution in [2.45, 2.75) is 45.1 Å². The molecule has 0 aliphatic heterocycles. The third kappa shape index (κ3) is 4.82. The van der Waals surface area contributed by atoms with Gasteiger partial charge < -0.3 is 5.11 Å². The van der Waals surface area contributed by atoms with Gasteiger partial charge in [0.15, 0.2) is 0 Å². The minimum absolute atomic E-state index is 0.0234. The molecule has 4 aliphatic rings. The maximum absolute atomic E-state index is 11.6. The summed E-state index contributed by atoms with van der Waals surface area (Å²) in [5.41, 5.74) is 8.81. The molecule has 0 saturated carbocycles. The highest BCUT2D eigenvalue weighted by Gasteiger charge is 2.21. The van der Waals surface area contributed by atoms with Gasteiger partial charge in [-0.15, -0.1) is 0 Å². The van der Waals surface area contributed by atoms with Crippen LogP contribution in [0, 0.1) is 0 Å². The van der Waals surface area contributed by atoms with Crippen molar-refractivity contribution in [1.82, 2.24) is 0 Å². The molecule has 0 aromatic heterocycles. The van der Waals surface area contributed by atoms with E-state index in [4.69, 9.17) is 4.99 Å². The number of nitrogens with zero attached hydrogens (tertiary/aromatic N) is 1. The predicted octanol–water partition coefficient (Wildman–Crippen LogP) is 7.26. The van der Waals surface area contributed by atoms with Gasteiger partial charge >= 0.3 is 0 Å². The van der Waals surface area contributed by atoms with Crippen LogP contribution in [0.4, 0.5) is 0 Å². The van der Waals surface area contributed by atoms with Crippen LogP contribution in [0.5, 0.6) is 5.75 Å². The second kappa shape index (κ2) is 10.1. The van der Waals surface area contributed by atoms with Crippen LogP contribution >= 0.6 is 0 Å². The molecule has 170 valence electrons. The highest BCUT2D eigenvalue weighted by atomic mass is 16.3. The van der Waals surface area contributed by atoms with Gasteiger partial charge in [0.05, 0.1) is 11.8 Å². The van der Waals surface area contributed by atoms with E-state index in [1.807, 2.05) is 24.3 Å². The molecule has 4 bridgehead atoms. The Kier molecular flexibility index (Phi) is 6.58. The molecule has 0 saturated heterocycles. The molecule has 0 spiro atoms.